The van der Waals surface area contributed by atoms with Gasteiger partial charge in [0.15, 0.2) is 5.96 Å². The van der Waals surface area contributed by atoms with Crippen LogP contribution in [-0.2, 0) is 6.42 Å². The fraction of sp³-hybridized carbons (Fsp3) is 0.611. The first-order valence-electron chi connectivity index (χ1n) is 8.59. The van der Waals surface area contributed by atoms with Crippen molar-refractivity contribution in [2.45, 2.75) is 32.2 Å². The molecule has 0 heterocycles. The Hall–Kier alpha value is -1.75. The van der Waals surface area contributed by atoms with Gasteiger partial charge in [-0.25, -0.2) is 0 Å². The summed E-state index contributed by atoms with van der Waals surface area (Å²) in [6, 6.07) is 8.96. The minimum absolute atomic E-state index is 0.822. The normalized spacial score (nSPS) is 14.9. The monoisotopic (exact) mass is 318 g/mol. The van der Waals surface area contributed by atoms with E-state index >= 15 is 0 Å². The Kier molecular flexibility index (Phi) is 7.20. The Morgan fingerprint density at radius 1 is 1.26 bits per heavy atom. The van der Waals surface area contributed by atoms with Crippen LogP contribution < -0.4 is 15.4 Å². The van der Waals surface area contributed by atoms with Gasteiger partial charge < -0.3 is 15.4 Å². The molecule has 0 radical (unpaired) electrons. The van der Waals surface area contributed by atoms with Gasteiger partial charge in [0.25, 0.3) is 0 Å². The molecule has 0 amide bonds. The van der Waals surface area contributed by atoms with Crippen molar-refractivity contribution < 1.29 is 4.74 Å². The van der Waals surface area contributed by atoms with E-state index in [9.17, 15) is 0 Å². The Bertz CT molecular complexity index is 500. The van der Waals surface area contributed by atoms with Crippen LogP contribution in [0.5, 0.6) is 5.75 Å². The average Bonchev–Trinajstić information content (AvgIpc) is 3.42. The van der Waals surface area contributed by atoms with Crippen LogP contribution in [0.25, 0.3) is 0 Å². The largest absolute Gasteiger partial charge is 0.496 e. The number of hydrogen-bond donors (Lipinski definition) is 2. The minimum atomic E-state index is 0.822. The Labute approximate surface area is 140 Å². The molecule has 5 nitrogen and oxygen atoms in total. The molecule has 1 aliphatic rings. The molecule has 0 saturated heterocycles. The van der Waals surface area contributed by atoms with E-state index in [1.54, 1.807) is 7.11 Å². The van der Waals surface area contributed by atoms with Crippen molar-refractivity contribution in [2.24, 2.45) is 4.99 Å². The van der Waals surface area contributed by atoms with Gasteiger partial charge in [0, 0.05) is 32.7 Å². The lowest BCUT2D eigenvalue weighted by Gasteiger charge is -2.20. The SMILES string of the molecule is CCN(CCNC(=NC)NCCc1ccccc1OC)C1CC1. The van der Waals surface area contributed by atoms with Crippen molar-refractivity contribution in [3.63, 3.8) is 0 Å². The number of hydrogen-bond acceptors (Lipinski definition) is 3. The number of guanidine groups is 1. The number of para-hydroxylation sites is 1. The molecule has 0 aromatic heterocycles. The molecule has 128 valence electrons. The smallest absolute Gasteiger partial charge is 0.191 e. The Balaban J connectivity index is 1.68. The van der Waals surface area contributed by atoms with Gasteiger partial charge in [-0.3, -0.25) is 9.89 Å². The van der Waals surface area contributed by atoms with Gasteiger partial charge in [-0.15, -0.1) is 0 Å². The van der Waals surface area contributed by atoms with Gasteiger partial charge in [-0.2, -0.15) is 0 Å². The van der Waals surface area contributed by atoms with Crippen LogP contribution in [-0.4, -0.2) is 57.2 Å². The molecular formula is C18H30N4O. The highest BCUT2D eigenvalue weighted by Crippen LogP contribution is 2.25. The summed E-state index contributed by atoms with van der Waals surface area (Å²) in [5.74, 6) is 1.81. The number of methoxy groups -OCH3 is 1. The first-order valence-corrected chi connectivity index (χ1v) is 8.59. The van der Waals surface area contributed by atoms with Crippen LogP contribution in [0, 0.1) is 0 Å². The first-order chi connectivity index (χ1) is 11.3. The van der Waals surface area contributed by atoms with Gasteiger partial charge in [0.05, 0.1) is 7.11 Å². The highest BCUT2D eigenvalue weighted by Gasteiger charge is 2.27. The predicted molar refractivity (Wildman–Crippen MR) is 96.3 cm³/mol. The fourth-order valence-electron chi connectivity index (χ4n) is 2.80. The van der Waals surface area contributed by atoms with E-state index in [2.05, 4.69) is 33.5 Å². The lowest BCUT2D eigenvalue weighted by Crippen LogP contribution is -2.42. The van der Waals surface area contributed by atoms with Crippen LogP contribution in [0.2, 0.25) is 0 Å². The summed E-state index contributed by atoms with van der Waals surface area (Å²) in [6.07, 6.45) is 3.63. The second kappa shape index (κ2) is 9.40. The molecule has 0 bridgehead atoms. The molecule has 1 aromatic rings. The summed E-state index contributed by atoms with van der Waals surface area (Å²) >= 11 is 0. The van der Waals surface area contributed by atoms with Crippen LogP contribution in [0.3, 0.4) is 0 Å². The summed E-state index contributed by atoms with van der Waals surface area (Å²) in [5.41, 5.74) is 1.21. The molecule has 1 aliphatic carbocycles. The van der Waals surface area contributed by atoms with Crippen molar-refractivity contribution in [1.82, 2.24) is 15.5 Å². The van der Waals surface area contributed by atoms with E-state index in [-0.39, 0.29) is 0 Å². The summed E-state index contributed by atoms with van der Waals surface area (Å²) in [4.78, 5) is 6.83. The van der Waals surface area contributed by atoms with Gasteiger partial charge in [-0.05, 0) is 37.4 Å². The molecule has 0 spiro atoms. The lowest BCUT2D eigenvalue weighted by atomic mass is 10.1. The third-order valence-electron chi connectivity index (χ3n) is 4.26. The predicted octanol–water partition coefficient (Wildman–Crippen LogP) is 1.89. The summed E-state index contributed by atoms with van der Waals surface area (Å²) < 4.78 is 5.38. The number of nitrogens with zero attached hydrogens (tertiary/aromatic N) is 2. The van der Waals surface area contributed by atoms with E-state index in [0.717, 1.165) is 50.4 Å². The summed E-state index contributed by atoms with van der Waals surface area (Å²) in [5, 5.41) is 6.77. The van der Waals surface area contributed by atoms with Crippen molar-refractivity contribution in [3.8, 4) is 5.75 Å². The molecule has 1 fully saturated rings. The van der Waals surface area contributed by atoms with Crippen molar-refractivity contribution in [1.29, 1.82) is 0 Å². The number of benzene rings is 1. The van der Waals surface area contributed by atoms with E-state index in [1.807, 2.05) is 25.2 Å². The zero-order valence-corrected chi connectivity index (χ0v) is 14.6. The van der Waals surface area contributed by atoms with Gasteiger partial charge in [0.2, 0.25) is 0 Å². The molecule has 0 atom stereocenters. The first kappa shape index (κ1) is 17.6. The summed E-state index contributed by atoms with van der Waals surface area (Å²) in [6.45, 7) is 6.21. The van der Waals surface area contributed by atoms with Gasteiger partial charge in [-0.1, -0.05) is 25.1 Å². The number of ether oxygens (including phenoxy) is 1. The molecule has 2 N–H and O–H groups in total. The number of aliphatic imine (C=N–C) groups is 1. The third-order valence-corrected chi connectivity index (χ3v) is 4.26. The zero-order chi connectivity index (χ0) is 16.5. The van der Waals surface area contributed by atoms with Gasteiger partial charge >= 0.3 is 0 Å². The van der Waals surface area contributed by atoms with Crippen molar-refractivity contribution in [3.05, 3.63) is 29.8 Å². The van der Waals surface area contributed by atoms with Crippen LogP contribution >= 0.6 is 0 Å². The zero-order valence-electron chi connectivity index (χ0n) is 14.6. The van der Waals surface area contributed by atoms with E-state index in [1.165, 1.54) is 18.4 Å². The number of rotatable bonds is 9. The molecule has 23 heavy (non-hydrogen) atoms. The highest BCUT2D eigenvalue weighted by atomic mass is 16.5. The van der Waals surface area contributed by atoms with E-state index < -0.39 is 0 Å². The molecule has 1 saturated carbocycles. The standard InChI is InChI=1S/C18H30N4O/c1-4-22(16-9-10-16)14-13-21-18(19-2)20-12-11-15-7-5-6-8-17(15)23-3/h5-8,16H,4,9-14H2,1-3H3,(H2,19,20,21). The second-order valence-electron chi connectivity index (χ2n) is 5.85. The molecule has 0 unspecified atom stereocenters. The lowest BCUT2D eigenvalue weighted by molar-refractivity contribution is 0.282. The highest BCUT2D eigenvalue weighted by molar-refractivity contribution is 5.79. The maximum atomic E-state index is 5.38. The molecule has 1 aromatic carbocycles. The topological polar surface area (TPSA) is 48.9 Å². The molecule has 5 heteroatoms. The van der Waals surface area contributed by atoms with Crippen molar-refractivity contribution in [2.75, 3.05) is 40.3 Å². The van der Waals surface area contributed by atoms with E-state index in [4.69, 9.17) is 4.74 Å². The maximum Gasteiger partial charge on any atom is 0.191 e. The average molecular weight is 318 g/mol. The maximum absolute atomic E-state index is 5.38. The van der Waals surface area contributed by atoms with Gasteiger partial charge in [0.1, 0.15) is 5.75 Å². The summed E-state index contributed by atoms with van der Waals surface area (Å²) in [7, 11) is 3.53. The van der Waals surface area contributed by atoms with Crippen LogP contribution in [0.1, 0.15) is 25.3 Å². The third kappa shape index (κ3) is 5.75. The Morgan fingerprint density at radius 2 is 2.00 bits per heavy atom. The van der Waals surface area contributed by atoms with Crippen LogP contribution in [0.15, 0.2) is 29.3 Å². The Morgan fingerprint density at radius 3 is 2.65 bits per heavy atom. The van der Waals surface area contributed by atoms with E-state index in [0.29, 0.717) is 0 Å². The number of likely N-dealkylation sites (N-methyl/N-ethyl adjacent to an activating group) is 1. The fourth-order valence-corrected chi connectivity index (χ4v) is 2.80. The van der Waals surface area contributed by atoms with Crippen molar-refractivity contribution >= 4 is 5.96 Å². The quantitative estimate of drug-likeness (QED) is 0.539. The minimum Gasteiger partial charge on any atom is -0.496 e. The van der Waals surface area contributed by atoms with Crippen LogP contribution in [0.4, 0.5) is 0 Å². The molecule has 2 rings (SSSR count). The second-order valence-corrected chi connectivity index (χ2v) is 5.85. The molecule has 0 aliphatic heterocycles. The molecular weight excluding hydrogens is 288 g/mol. The number of nitrogens with one attached hydrogen (secondary N) is 2.